The molecule has 1 aliphatic rings. The van der Waals surface area contributed by atoms with Crippen LogP contribution in [0.5, 0.6) is 0 Å². The van der Waals surface area contributed by atoms with Gasteiger partial charge in [0.1, 0.15) is 0 Å². The number of aliphatic hydroxyl groups is 1. The second kappa shape index (κ2) is 3.62. The minimum atomic E-state index is -0.466. The van der Waals surface area contributed by atoms with Crippen molar-refractivity contribution in [1.29, 1.82) is 0 Å². The van der Waals surface area contributed by atoms with Gasteiger partial charge in [0.15, 0.2) is 0 Å². The Hall–Kier alpha value is -1.86. The van der Waals surface area contributed by atoms with E-state index in [1.807, 2.05) is 42.5 Å². The first-order chi connectivity index (χ1) is 7.86. The molecule has 2 aromatic carbocycles. The number of benzene rings is 2. The Morgan fingerprint density at radius 1 is 0.812 bits per heavy atom. The van der Waals surface area contributed by atoms with Crippen LogP contribution in [-0.2, 0) is 0 Å². The van der Waals surface area contributed by atoms with E-state index in [0.29, 0.717) is 0 Å². The van der Waals surface area contributed by atoms with Crippen LogP contribution in [0.2, 0.25) is 0 Å². The third-order valence-electron chi connectivity index (χ3n) is 2.98. The molecule has 0 saturated heterocycles. The van der Waals surface area contributed by atoms with Crippen LogP contribution in [0.4, 0.5) is 0 Å². The summed E-state index contributed by atoms with van der Waals surface area (Å²) in [6.45, 7) is 0. The summed E-state index contributed by atoms with van der Waals surface area (Å²) in [7, 11) is 0. The molecule has 0 saturated carbocycles. The van der Waals surface area contributed by atoms with E-state index in [0.717, 1.165) is 22.3 Å². The van der Waals surface area contributed by atoms with Gasteiger partial charge >= 0.3 is 0 Å². The Kier molecular flexibility index (Phi) is 2.12. The Balaban J connectivity index is 2.15. The average Bonchev–Trinajstić information content (AvgIpc) is 2.69. The molecule has 1 unspecified atom stereocenters. The highest BCUT2D eigenvalue weighted by Crippen LogP contribution is 2.37. The maximum absolute atomic E-state index is 9.94. The van der Waals surface area contributed by atoms with Crippen molar-refractivity contribution in [2.45, 2.75) is 6.10 Å². The van der Waals surface area contributed by atoms with Crippen LogP contribution < -0.4 is 0 Å². The third-order valence-corrected chi connectivity index (χ3v) is 2.98. The van der Waals surface area contributed by atoms with Crippen LogP contribution in [0.3, 0.4) is 0 Å². The monoisotopic (exact) mass is 208 g/mol. The van der Waals surface area contributed by atoms with Gasteiger partial charge in [-0.25, -0.2) is 0 Å². The molecule has 0 spiro atoms. The van der Waals surface area contributed by atoms with Gasteiger partial charge in [-0.1, -0.05) is 54.6 Å². The second-order valence-electron chi connectivity index (χ2n) is 3.98. The summed E-state index contributed by atoms with van der Waals surface area (Å²) in [5, 5.41) is 9.94. The fourth-order valence-corrected chi connectivity index (χ4v) is 2.21. The highest BCUT2D eigenvalue weighted by atomic mass is 16.3. The maximum atomic E-state index is 9.94. The highest BCUT2D eigenvalue weighted by Gasteiger charge is 2.21. The SMILES string of the molecule is OC1C=C(c2ccccc2)c2ccccc21. The Labute approximate surface area is 94.7 Å². The van der Waals surface area contributed by atoms with Crippen molar-refractivity contribution in [3.05, 3.63) is 77.4 Å². The topological polar surface area (TPSA) is 20.2 Å². The first kappa shape index (κ1) is 9.37. The number of aliphatic hydroxyl groups excluding tert-OH is 1. The molecule has 2 aromatic rings. The van der Waals surface area contributed by atoms with Crippen molar-refractivity contribution in [2.75, 3.05) is 0 Å². The molecule has 0 radical (unpaired) electrons. The average molecular weight is 208 g/mol. The van der Waals surface area contributed by atoms with Gasteiger partial charge in [-0.15, -0.1) is 0 Å². The standard InChI is InChI=1S/C15H12O/c16-15-10-14(11-6-2-1-3-7-11)12-8-4-5-9-13(12)15/h1-10,15-16H. The lowest BCUT2D eigenvalue weighted by Gasteiger charge is -2.05. The van der Waals surface area contributed by atoms with E-state index in [2.05, 4.69) is 18.2 Å². The van der Waals surface area contributed by atoms with Crippen molar-refractivity contribution in [2.24, 2.45) is 0 Å². The molecule has 78 valence electrons. The minimum Gasteiger partial charge on any atom is -0.384 e. The molecule has 1 atom stereocenters. The Morgan fingerprint density at radius 3 is 2.31 bits per heavy atom. The number of fused-ring (bicyclic) bond motifs is 1. The molecule has 0 amide bonds. The van der Waals surface area contributed by atoms with E-state index < -0.39 is 6.10 Å². The third kappa shape index (κ3) is 1.37. The van der Waals surface area contributed by atoms with Gasteiger partial charge in [0.05, 0.1) is 6.10 Å². The molecule has 3 rings (SSSR count). The molecule has 16 heavy (non-hydrogen) atoms. The number of hydrogen-bond donors (Lipinski definition) is 1. The van der Waals surface area contributed by atoms with Crippen LogP contribution >= 0.6 is 0 Å². The molecule has 0 fully saturated rings. The zero-order valence-electron chi connectivity index (χ0n) is 8.80. The van der Waals surface area contributed by atoms with Crippen molar-refractivity contribution in [1.82, 2.24) is 0 Å². The highest BCUT2D eigenvalue weighted by molar-refractivity contribution is 5.85. The van der Waals surface area contributed by atoms with Crippen molar-refractivity contribution < 1.29 is 5.11 Å². The van der Waals surface area contributed by atoms with Crippen LogP contribution in [-0.4, -0.2) is 5.11 Å². The lowest BCUT2D eigenvalue weighted by atomic mass is 9.99. The summed E-state index contributed by atoms with van der Waals surface area (Å²) in [6, 6.07) is 18.2. The van der Waals surface area contributed by atoms with Crippen molar-refractivity contribution >= 4 is 5.57 Å². The molecule has 0 heterocycles. The fourth-order valence-electron chi connectivity index (χ4n) is 2.21. The van der Waals surface area contributed by atoms with E-state index in [1.54, 1.807) is 0 Å². The quantitative estimate of drug-likeness (QED) is 0.763. The number of hydrogen-bond acceptors (Lipinski definition) is 1. The van der Waals surface area contributed by atoms with Gasteiger partial charge in [-0.05, 0) is 28.3 Å². The first-order valence-electron chi connectivity index (χ1n) is 5.41. The fraction of sp³-hybridized carbons (Fsp3) is 0.0667. The summed E-state index contributed by atoms with van der Waals surface area (Å²) in [4.78, 5) is 0. The molecule has 1 aliphatic carbocycles. The molecule has 1 heteroatoms. The van der Waals surface area contributed by atoms with E-state index in [-0.39, 0.29) is 0 Å². The molecule has 1 N–H and O–H groups in total. The summed E-state index contributed by atoms with van der Waals surface area (Å²) in [5.41, 5.74) is 4.43. The second-order valence-corrected chi connectivity index (χ2v) is 3.98. The van der Waals surface area contributed by atoms with Gasteiger partial charge in [-0.2, -0.15) is 0 Å². The minimum absolute atomic E-state index is 0.466. The molecule has 0 aliphatic heterocycles. The van der Waals surface area contributed by atoms with E-state index in [1.165, 1.54) is 0 Å². The molecule has 0 bridgehead atoms. The zero-order valence-corrected chi connectivity index (χ0v) is 8.80. The smallest absolute Gasteiger partial charge is 0.0986 e. The van der Waals surface area contributed by atoms with Gasteiger partial charge in [-0.3, -0.25) is 0 Å². The Bertz CT molecular complexity index is 540. The molecular weight excluding hydrogens is 196 g/mol. The van der Waals surface area contributed by atoms with Crippen LogP contribution in [0, 0.1) is 0 Å². The van der Waals surface area contributed by atoms with Gasteiger partial charge in [0.2, 0.25) is 0 Å². The largest absolute Gasteiger partial charge is 0.384 e. The zero-order chi connectivity index (χ0) is 11.0. The molecule has 0 aromatic heterocycles. The summed E-state index contributed by atoms with van der Waals surface area (Å²) in [5.74, 6) is 0. The lowest BCUT2D eigenvalue weighted by Crippen LogP contribution is -1.89. The predicted molar refractivity (Wildman–Crippen MR) is 64.9 cm³/mol. The predicted octanol–water partition coefficient (Wildman–Crippen LogP) is 3.17. The molecule has 1 nitrogen and oxygen atoms in total. The normalized spacial score (nSPS) is 18.1. The summed E-state index contributed by atoms with van der Waals surface area (Å²) < 4.78 is 0. The van der Waals surface area contributed by atoms with E-state index >= 15 is 0 Å². The lowest BCUT2D eigenvalue weighted by molar-refractivity contribution is 0.232. The summed E-state index contributed by atoms with van der Waals surface area (Å²) >= 11 is 0. The van der Waals surface area contributed by atoms with Crippen molar-refractivity contribution in [3.8, 4) is 0 Å². The van der Waals surface area contributed by atoms with E-state index in [4.69, 9.17) is 0 Å². The van der Waals surface area contributed by atoms with Gasteiger partial charge in [0, 0.05) is 0 Å². The van der Waals surface area contributed by atoms with Crippen LogP contribution in [0.15, 0.2) is 60.7 Å². The maximum Gasteiger partial charge on any atom is 0.0986 e. The van der Waals surface area contributed by atoms with Crippen LogP contribution in [0.1, 0.15) is 22.8 Å². The summed E-state index contributed by atoms with van der Waals surface area (Å²) in [6.07, 6.45) is 1.45. The van der Waals surface area contributed by atoms with Crippen molar-refractivity contribution in [3.63, 3.8) is 0 Å². The van der Waals surface area contributed by atoms with E-state index in [9.17, 15) is 5.11 Å². The molecular formula is C15H12O. The van der Waals surface area contributed by atoms with Gasteiger partial charge < -0.3 is 5.11 Å². The number of rotatable bonds is 1. The Morgan fingerprint density at radius 2 is 1.50 bits per heavy atom. The van der Waals surface area contributed by atoms with Gasteiger partial charge in [0.25, 0.3) is 0 Å². The first-order valence-corrected chi connectivity index (χ1v) is 5.41. The van der Waals surface area contributed by atoms with Crippen LogP contribution in [0.25, 0.3) is 5.57 Å².